The summed E-state index contributed by atoms with van der Waals surface area (Å²) in [5.74, 6) is 0.422. The fourth-order valence-electron chi connectivity index (χ4n) is 1.91. The van der Waals surface area contributed by atoms with Crippen LogP contribution in [0.5, 0.6) is 0 Å². The Hall–Kier alpha value is -1.93. The monoisotopic (exact) mass is 411 g/mol. The molecule has 0 unspecified atom stereocenters. The number of thiazole rings is 1. The summed E-state index contributed by atoms with van der Waals surface area (Å²) < 4.78 is 0. The van der Waals surface area contributed by atoms with Crippen molar-refractivity contribution >= 4 is 64.0 Å². The van der Waals surface area contributed by atoms with Gasteiger partial charge in [-0.2, -0.15) is 11.3 Å². The second-order valence-corrected chi connectivity index (χ2v) is 7.35. The van der Waals surface area contributed by atoms with Gasteiger partial charge in [0.15, 0.2) is 0 Å². The zero-order chi connectivity index (χ0) is 17.6. The molecule has 0 saturated carbocycles. The normalized spacial score (nSPS) is 11.0. The van der Waals surface area contributed by atoms with E-state index in [0.717, 1.165) is 11.4 Å². The van der Waals surface area contributed by atoms with Gasteiger partial charge >= 0.3 is 6.09 Å². The lowest BCUT2D eigenvalue weighted by Crippen LogP contribution is -2.11. The third-order valence-electron chi connectivity index (χ3n) is 3.03. The molecule has 128 valence electrons. The highest BCUT2D eigenvalue weighted by Crippen LogP contribution is 2.22. The highest BCUT2D eigenvalue weighted by molar-refractivity contribution is 7.10. The molecule has 3 rings (SSSR count). The van der Waals surface area contributed by atoms with Crippen LogP contribution in [0.2, 0.25) is 10.0 Å². The molecule has 1 aromatic carbocycles. The molecule has 5 nitrogen and oxygen atoms in total. The van der Waals surface area contributed by atoms with E-state index in [4.69, 9.17) is 28.0 Å². The molecule has 0 radical (unpaired) electrons. The number of aromatic nitrogens is 1. The number of hydrogen-bond donors (Lipinski definition) is 1. The number of hydrogen-bond acceptors (Lipinski definition) is 6. The fourth-order valence-corrected chi connectivity index (χ4v) is 3.83. The number of nitrogens with one attached hydrogen (secondary N) is 1. The molecule has 9 heteroatoms. The second-order valence-electron chi connectivity index (χ2n) is 4.81. The average Bonchev–Trinajstić information content (AvgIpc) is 3.23. The molecule has 2 aromatic heterocycles. The van der Waals surface area contributed by atoms with E-state index in [1.54, 1.807) is 34.9 Å². The number of oxime groups is 1. The highest BCUT2D eigenvalue weighted by Gasteiger charge is 2.08. The Labute approximate surface area is 161 Å². The Morgan fingerprint density at radius 3 is 2.80 bits per heavy atom. The first kappa shape index (κ1) is 17.9. The Morgan fingerprint density at radius 2 is 2.08 bits per heavy atom. The van der Waals surface area contributed by atoms with E-state index < -0.39 is 6.09 Å². The van der Waals surface area contributed by atoms with Gasteiger partial charge in [-0.1, -0.05) is 34.4 Å². The molecule has 0 saturated heterocycles. The lowest BCUT2D eigenvalue weighted by molar-refractivity contribution is 0.167. The molecule has 0 aliphatic heterocycles. The molecule has 0 spiro atoms. The third-order valence-corrected chi connectivity index (χ3v) is 5.27. The molecular formula is C16H11Cl2N3O2S2. The van der Waals surface area contributed by atoms with Crippen molar-refractivity contribution in [3.63, 3.8) is 0 Å². The quantitative estimate of drug-likeness (QED) is 0.333. The highest BCUT2D eigenvalue weighted by atomic mass is 35.5. The Balaban J connectivity index is 1.54. The molecule has 0 aliphatic rings. The van der Waals surface area contributed by atoms with E-state index in [-0.39, 0.29) is 0 Å². The maximum Gasteiger partial charge on any atom is 0.439 e. The van der Waals surface area contributed by atoms with Crippen molar-refractivity contribution in [3.05, 3.63) is 66.6 Å². The predicted octanol–water partition coefficient (Wildman–Crippen LogP) is 5.68. The van der Waals surface area contributed by atoms with Crippen LogP contribution in [0.1, 0.15) is 16.1 Å². The number of nitrogens with zero attached hydrogens (tertiary/aromatic N) is 2. The summed E-state index contributed by atoms with van der Waals surface area (Å²) in [5.41, 5.74) is 1.67. The smallest absolute Gasteiger partial charge is 0.298 e. The zero-order valence-electron chi connectivity index (χ0n) is 12.6. The first-order valence-corrected chi connectivity index (χ1v) is 9.60. The fraction of sp³-hybridized carbons (Fsp3) is 0.0625. The Kier molecular flexibility index (Phi) is 6.04. The average molecular weight is 412 g/mol. The summed E-state index contributed by atoms with van der Waals surface area (Å²) in [6.07, 6.45) is 1.27. The predicted molar refractivity (Wildman–Crippen MR) is 103 cm³/mol. The largest absolute Gasteiger partial charge is 0.439 e. The number of carbonyl (C=O) groups excluding carboxylic acids is 1. The van der Waals surface area contributed by atoms with Crippen molar-refractivity contribution in [2.24, 2.45) is 5.16 Å². The van der Waals surface area contributed by atoms with Gasteiger partial charge in [-0.15, -0.1) is 11.3 Å². The molecule has 0 atom stereocenters. The van der Waals surface area contributed by atoms with Crippen LogP contribution in [0.15, 0.2) is 45.6 Å². The van der Waals surface area contributed by atoms with Crippen LogP contribution in [-0.2, 0) is 11.3 Å². The molecule has 25 heavy (non-hydrogen) atoms. The third kappa shape index (κ3) is 5.02. The van der Waals surface area contributed by atoms with E-state index in [1.165, 1.54) is 23.1 Å². The Morgan fingerprint density at radius 1 is 1.28 bits per heavy atom. The molecule has 2 heterocycles. The number of thiophene rings is 1. The minimum atomic E-state index is -0.744. The van der Waals surface area contributed by atoms with Crippen molar-refractivity contribution in [1.82, 2.24) is 4.98 Å². The van der Waals surface area contributed by atoms with Gasteiger partial charge in [0.2, 0.25) is 0 Å². The van der Waals surface area contributed by atoms with Crippen LogP contribution in [-0.4, -0.2) is 17.3 Å². The van der Waals surface area contributed by atoms with Crippen LogP contribution in [0.3, 0.4) is 0 Å². The minimum absolute atomic E-state index is 0.415. The van der Waals surface area contributed by atoms with Crippen molar-refractivity contribution in [2.45, 2.75) is 6.42 Å². The van der Waals surface area contributed by atoms with Gasteiger partial charge in [-0.25, -0.2) is 9.78 Å². The summed E-state index contributed by atoms with van der Waals surface area (Å²) in [6.45, 7) is 0. The molecular weight excluding hydrogens is 401 g/mol. The van der Waals surface area contributed by atoms with Crippen LogP contribution in [0, 0.1) is 0 Å². The van der Waals surface area contributed by atoms with Gasteiger partial charge in [0.1, 0.15) is 5.82 Å². The molecule has 1 N–H and O–H groups in total. The van der Waals surface area contributed by atoms with Crippen molar-refractivity contribution in [2.75, 3.05) is 5.32 Å². The number of benzene rings is 1. The first-order chi connectivity index (χ1) is 12.1. The second kappa shape index (κ2) is 8.44. The van der Waals surface area contributed by atoms with Gasteiger partial charge in [0.25, 0.3) is 0 Å². The SMILES string of the molecule is O=C(Nc1csc(Cc2ccsc2)n1)ON=Cc1c(Cl)cccc1Cl. The van der Waals surface area contributed by atoms with Gasteiger partial charge in [-0.3, -0.25) is 10.2 Å². The van der Waals surface area contributed by atoms with E-state index in [2.05, 4.69) is 20.8 Å². The molecule has 1 amide bonds. The maximum absolute atomic E-state index is 11.8. The lowest BCUT2D eigenvalue weighted by atomic mass is 10.2. The van der Waals surface area contributed by atoms with Crippen molar-refractivity contribution < 1.29 is 9.63 Å². The molecule has 3 aromatic rings. The van der Waals surface area contributed by atoms with Gasteiger partial charge in [0.05, 0.1) is 21.3 Å². The molecule has 0 aliphatic carbocycles. The number of halogens is 2. The summed E-state index contributed by atoms with van der Waals surface area (Å²) in [5, 5.41) is 13.7. The first-order valence-electron chi connectivity index (χ1n) is 7.02. The van der Waals surface area contributed by atoms with Crippen molar-refractivity contribution in [1.29, 1.82) is 0 Å². The van der Waals surface area contributed by atoms with Crippen LogP contribution >= 0.6 is 45.9 Å². The summed E-state index contributed by atoms with van der Waals surface area (Å²) in [4.78, 5) is 20.8. The molecule has 0 fully saturated rings. The van der Waals surface area contributed by atoms with Gasteiger partial charge < -0.3 is 0 Å². The lowest BCUT2D eigenvalue weighted by Gasteiger charge is -2.01. The number of amides is 1. The van der Waals surface area contributed by atoms with Gasteiger partial charge in [0, 0.05) is 17.4 Å². The zero-order valence-corrected chi connectivity index (χ0v) is 15.8. The maximum atomic E-state index is 11.8. The summed E-state index contributed by atoms with van der Waals surface area (Å²) >= 11 is 15.1. The van der Waals surface area contributed by atoms with Crippen LogP contribution in [0.25, 0.3) is 0 Å². The van der Waals surface area contributed by atoms with E-state index in [0.29, 0.717) is 21.4 Å². The minimum Gasteiger partial charge on any atom is -0.298 e. The number of carbonyl (C=O) groups is 1. The summed E-state index contributed by atoms with van der Waals surface area (Å²) in [7, 11) is 0. The standard InChI is InChI=1S/C16H11Cl2N3O2S2/c17-12-2-1-3-13(18)11(12)7-19-23-16(22)21-14-9-25-15(20-14)6-10-4-5-24-8-10/h1-5,7-9H,6H2,(H,21,22). The topological polar surface area (TPSA) is 63.6 Å². The van der Waals surface area contributed by atoms with Crippen molar-refractivity contribution in [3.8, 4) is 0 Å². The van der Waals surface area contributed by atoms with Crippen LogP contribution < -0.4 is 5.32 Å². The number of anilines is 1. The molecule has 0 bridgehead atoms. The van der Waals surface area contributed by atoms with Crippen LogP contribution in [0.4, 0.5) is 10.6 Å². The Bertz CT molecular complexity index is 874. The van der Waals surface area contributed by atoms with E-state index in [9.17, 15) is 4.79 Å². The number of rotatable bonds is 5. The van der Waals surface area contributed by atoms with E-state index >= 15 is 0 Å². The summed E-state index contributed by atoms with van der Waals surface area (Å²) in [6, 6.07) is 7.09. The van der Waals surface area contributed by atoms with E-state index in [1.807, 2.05) is 11.4 Å². The van der Waals surface area contributed by atoms with Gasteiger partial charge in [-0.05, 0) is 34.5 Å².